The Morgan fingerprint density at radius 1 is 1.45 bits per heavy atom. The van der Waals surface area contributed by atoms with Crippen molar-refractivity contribution in [3.05, 3.63) is 34.3 Å². The predicted molar refractivity (Wildman–Crippen MR) is 44.7 cm³/mol. The fourth-order valence-corrected chi connectivity index (χ4v) is 1.93. The molecule has 1 unspecified atom stereocenters. The summed E-state index contributed by atoms with van der Waals surface area (Å²) < 4.78 is 0. The van der Waals surface area contributed by atoms with Gasteiger partial charge in [0.1, 0.15) is 0 Å². The summed E-state index contributed by atoms with van der Waals surface area (Å²) in [6.07, 6.45) is 1.44. The van der Waals surface area contributed by atoms with Gasteiger partial charge in [-0.05, 0) is 24.5 Å². The second-order valence-electron chi connectivity index (χ2n) is 2.87. The van der Waals surface area contributed by atoms with Crippen molar-refractivity contribution in [1.82, 2.24) is 0 Å². The van der Waals surface area contributed by atoms with E-state index in [2.05, 4.69) is 0 Å². The van der Waals surface area contributed by atoms with Crippen LogP contribution in [-0.4, -0.2) is 5.11 Å². The van der Waals surface area contributed by atoms with Gasteiger partial charge >= 0.3 is 0 Å². The molecule has 0 amide bonds. The summed E-state index contributed by atoms with van der Waals surface area (Å²) in [6, 6.07) is 5.78. The van der Waals surface area contributed by atoms with Crippen molar-refractivity contribution in [2.45, 2.75) is 18.9 Å². The van der Waals surface area contributed by atoms with Crippen molar-refractivity contribution in [3.63, 3.8) is 0 Å². The molecule has 0 heterocycles. The predicted octanol–water partition coefficient (Wildman–Crippen LogP) is 2.32. The molecule has 1 atom stereocenters. The topological polar surface area (TPSA) is 20.2 Å². The van der Waals surface area contributed by atoms with E-state index in [4.69, 9.17) is 11.6 Å². The van der Waals surface area contributed by atoms with Crippen molar-refractivity contribution < 1.29 is 5.11 Å². The molecule has 1 aromatic carbocycles. The molecule has 0 aromatic heterocycles. The Kier molecular flexibility index (Phi) is 1.63. The second kappa shape index (κ2) is 2.50. The zero-order valence-corrected chi connectivity index (χ0v) is 6.80. The van der Waals surface area contributed by atoms with E-state index in [1.807, 2.05) is 18.2 Å². The molecule has 0 saturated carbocycles. The highest BCUT2D eigenvalue weighted by Gasteiger charge is 2.21. The zero-order valence-electron chi connectivity index (χ0n) is 6.05. The van der Waals surface area contributed by atoms with Crippen LogP contribution in [-0.2, 0) is 6.42 Å². The van der Waals surface area contributed by atoms with Gasteiger partial charge in [0, 0.05) is 10.6 Å². The standard InChI is InChI=1S/C9H9ClO/c10-7-3-1-2-6-4-5-8(11)9(6)7/h1-3,8,11H,4-5H2. The van der Waals surface area contributed by atoms with Crippen molar-refractivity contribution >= 4 is 11.6 Å². The summed E-state index contributed by atoms with van der Waals surface area (Å²) >= 11 is 5.90. The summed E-state index contributed by atoms with van der Waals surface area (Å²) in [7, 11) is 0. The number of rotatable bonds is 0. The first kappa shape index (κ1) is 7.14. The molecule has 0 bridgehead atoms. The first-order valence-corrected chi connectivity index (χ1v) is 4.12. The average molecular weight is 169 g/mol. The number of hydrogen-bond acceptors (Lipinski definition) is 1. The van der Waals surface area contributed by atoms with Crippen LogP contribution in [0.3, 0.4) is 0 Å². The summed E-state index contributed by atoms with van der Waals surface area (Å²) in [5.41, 5.74) is 2.14. The molecule has 0 radical (unpaired) electrons. The monoisotopic (exact) mass is 168 g/mol. The van der Waals surface area contributed by atoms with Crippen LogP contribution in [0, 0.1) is 0 Å². The Morgan fingerprint density at radius 2 is 2.27 bits per heavy atom. The van der Waals surface area contributed by atoms with Gasteiger partial charge in [0.2, 0.25) is 0 Å². The van der Waals surface area contributed by atoms with E-state index in [1.54, 1.807) is 0 Å². The van der Waals surface area contributed by atoms with Gasteiger partial charge in [-0.3, -0.25) is 0 Å². The Bertz CT molecular complexity index is 283. The third kappa shape index (κ3) is 1.05. The zero-order chi connectivity index (χ0) is 7.84. The molecule has 2 rings (SSSR count). The molecule has 1 N–H and O–H groups in total. The Hall–Kier alpha value is -0.530. The number of halogens is 1. The fourth-order valence-electron chi connectivity index (χ4n) is 1.61. The maximum atomic E-state index is 9.48. The number of benzene rings is 1. The number of fused-ring (bicyclic) bond motifs is 1. The van der Waals surface area contributed by atoms with Gasteiger partial charge in [0.05, 0.1) is 6.10 Å². The number of hydrogen-bond donors (Lipinski definition) is 1. The molecule has 11 heavy (non-hydrogen) atoms. The molecule has 0 saturated heterocycles. The fraction of sp³-hybridized carbons (Fsp3) is 0.333. The first-order chi connectivity index (χ1) is 5.29. The molecule has 58 valence electrons. The van der Waals surface area contributed by atoms with Crippen LogP contribution in [0.25, 0.3) is 0 Å². The van der Waals surface area contributed by atoms with E-state index < -0.39 is 0 Å². The number of aliphatic hydroxyl groups is 1. The van der Waals surface area contributed by atoms with E-state index in [9.17, 15) is 5.11 Å². The summed E-state index contributed by atoms with van der Waals surface area (Å²) in [5.74, 6) is 0. The lowest BCUT2D eigenvalue weighted by atomic mass is 10.1. The van der Waals surface area contributed by atoms with E-state index in [-0.39, 0.29) is 6.10 Å². The van der Waals surface area contributed by atoms with Gasteiger partial charge < -0.3 is 5.11 Å². The molecule has 0 fully saturated rings. The normalized spacial score (nSPS) is 21.8. The molecule has 0 spiro atoms. The third-order valence-electron chi connectivity index (χ3n) is 2.16. The molecule has 2 heteroatoms. The van der Waals surface area contributed by atoms with Crippen LogP contribution < -0.4 is 0 Å². The highest BCUT2D eigenvalue weighted by atomic mass is 35.5. The molecule has 1 aliphatic rings. The Labute approximate surface area is 70.6 Å². The van der Waals surface area contributed by atoms with Crippen LogP contribution in [0.1, 0.15) is 23.7 Å². The van der Waals surface area contributed by atoms with Crippen LogP contribution in [0.2, 0.25) is 5.02 Å². The van der Waals surface area contributed by atoms with E-state index in [0.717, 1.165) is 18.4 Å². The smallest absolute Gasteiger partial charge is 0.0810 e. The average Bonchev–Trinajstić information content (AvgIpc) is 2.34. The maximum Gasteiger partial charge on any atom is 0.0810 e. The minimum absolute atomic E-state index is 0.335. The lowest BCUT2D eigenvalue weighted by molar-refractivity contribution is 0.180. The van der Waals surface area contributed by atoms with Gasteiger partial charge in [-0.2, -0.15) is 0 Å². The van der Waals surface area contributed by atoms with Crippen molar-refractivity contribution in [2.24, 2.45) is 0 Å². The van der Waals surface area contributed by atoms with Crippen LogP contribution in [0.4, 0.5) is 0 Å². The minimum Gasteiger partial charge on any atom is -0.388 e. The van der Waals surface area contributed by atoms with Gasteiger partial charge in [-0.15, -0.1) is 0 Å². The highest BCUT2D eigenvalue weighted by Crippen LogP contribution is 2.35. The molecular weight excluding hydrogens is 160 g/mol. The third-order valence-corrected chi connectivity index (χ3v) is 2.49. The van der Waals surface area contributed by atoms with E-state index in [1.165, 1.54) is 5.56 Å². The van der Waals surface area contributed by atoms with Crippen molar-refractivity contribution in [2.75, 3.05) is 0 Å². The van der Waals surface area contributed by atoms with Gasteiger partial charge in [-0.1, -0.05) is 23.7 Å². The van der Waals surface area contributed by atoms with Gasteiger partial charge in [0.25, 0.3) is 0 Å². The molecule has 1 aliphatic carbocycles. The lowest BCUT2D eigenvalue weighted by Gasteiger charge is -2.04. The highest BCUT2D eigenvalue weighted by molar-refractivity contribution is 6.31. The van der Waals surface area contributed by atoms with Crippen molar-refractivity contribution in [3.8, 4) is 0 Å². The quantitative estimate of drug-likeness (QED) is 0.631. The Morgan fingerprint density at radius 3 is 3.00 bits per heavy atom. The lowest BCUT2D eigenvalue weighted by Crippen LogP contribution is -1.90. The molecule has 1 aromatic rings. The molecular formula is C9H9ClO. The molecule has 0 aliphatic heterocycles. The second-order valence-corrected chi connectivity index (χ2v) is 3.27. The van der Waals surface area contributed by atoms with Crippen LogP contribution in [0.5, 0.6) is 0 Å². The first-order valence-electron chi connectivity index (χ1n) is 3.74. The maximum absolute atomic E-state index is 9.48. The molecule has 1 nitrogen and oxygen atoms in total. The minimum atomic E-state index is -0.335. The van der Waals surface area contributed by atoms with Crippen LogP contribution >= 0.6 is 11.6 Å². The number of aliphatic hydroxyl groups excluding tert-OH is 1. The van der Waals surface area contributed by atoms with Crippen molar-refractivity contribution in [1.29, 1.82) is 0 Å². The number of aryl methyl sites for hydroxylation is 1. The van der Waals surface area contributed by atoms with Crippen LogP contribution in [0.15, 0.2) is 18.2 Å². The largest absolute Gasteiger partial charge is 0.388 e. The summed E-state index contributed by atoms with van der Waals surface area (Å²) in [5, 5.41) is 10.2. The van der Waals surface area contributed by atoms with Gasteiger partial charge in [-0.25, -0.2) is 0 Å². The van der Waals surface area contributed by atoms with E-state index >= 15 is 0 Å². The summed E-state index contributed by atoms with van der Waals surface area (Å²) in [6.45, 7) is 0. The van der Waals surface area contributed by atoms with E-state index in [0.29, 0.717) is 5.02 Å². The SMILES string of the molecule is OC1CCc2cccc(Cl)c21. The Balaban J connectivity index is 2.58. The van der Waals surface area contributed by atoms with Gasteiger partial charge in [0.15, 0.2) is 0 Å². The summed E-state index contributed by atoms with van der Waals surface area (Å²) in [4.78, 5) is 0.